The number of carbonyl (C=O) groups excluding carboxylic acids is 2. The van der Waals surface area contributed by atoms with Crippen molar-refractivity contribution in [1.29, 1.82) is 0 Å². The first-order valence-electron chi connectivity index (χ1n) is 8.55. The van der Waals surface area contributed by atoms with Crippen molar-refractivity contribution < 1.29 is 84.8 Å². The van der Waals surface area contributed by atoms with E-state index in [0.717, 1.165) is 25.0 Å². The van der Waals surface area contributed by atoms with E-state index in [0.29, 0.717) is 0 Å². The van der Waals surface area contributed by atoms with Gasteiger partial charge in [0.15, 0.2) is 0 Å². The van der Waals surface area contributed by atoms with Gasteiger partial charge in [-0.1, -0.05) is 40.5 Å². The van der Waals surface area contributed by atoms with E-state index >= 15 is 0 Å². The van der Waals surface area contributed by atoms with Gasteiger partial charge in [-0.05, 0) is 30.0 Å². The molecular formula is C18H27KO7S. The third-order valence-corrected chi connectivity index (χ3v) is 5.00. The van der Waals surface area contributed by atoms with Crippen molar-refractivity contribution in [1.82, 2.24) is 0 Å². The van der Waals surface area contributed by atoms with Crippen molar-refractivity contribution in [3.05, 3.63) is 29.3 Å². The molecule has 0 aromatic heterocycles. The van der Waals surface area contributed by atoms with Gasteiger partial charge in [0.05, 0.1) is 24.3 Å². The third kappa shape index (κ3) is 8.72. The van der Waals surface area contributed by atoms with Gasteiger partial charge < -0.3 is 10.9 Å². The Morgan fingerprint density at radius 3 is 1.96 bits per heavy atom. The predicted molar refractivity (Wildman–Crippen MR) is 96.8 cm³/mol. The number of hydrogen-bond donors (Lipinski definition) is 1. The van der Waals surface area contributed by atoms with Crippen molar-refractivity contribution in [2.75, 3.05) is 13.2 Å². The molecule has 2 atom stereocenters. The van der Waals surface area contributed by atoms with Crippen LogP contribution >= 0.6 is 0 Å². The molecule has 1 N–H and O–H groups in total. The quantitative estimate of drug-likeness (QED) is 0.347. The minimum absolute atomic E-state index is 0. The molecule has 27 heavy (non-hydrogen) atoms. The maximum atomic E-state index is 12.2. The van der Waals surface area contributed by atoms with Gasteiger partial charge in [-0.15, -0.1) is 0 Å². The third-order valence-electron chi connectivity index (χ3n) is 4.11. The van der Waals surface area contributed by atoms with Crippen molar-refractivity contribution >= 4 is 22.1 Å². The van der Waals surface area contributed by atoms with Crippen LogP contribution in [0.15, 0.2) is 23.1 Å². The van der Waals surface area contributed by atoms with Gasteiger partial charge in [0.1, 0.15) is 4.90 Å². The van der Waals surface area contributed by atoms with E-state index in [1.165, 1.54) is 6.07 Å². The summed E-state index contributed by atoms with van der Waals surface area (Å²) in [5, 5.41) is 0. The van der Waals surface area contributed by atoms with Crippen molar-refractivity contribution in [3.63, 3.8) is 0 Å². The fourth-order valence-corrected chi connectivity index (χ4v) is 2.57. The Hall–Kier alpha value is -0.294. The topological polar surface area (TPSA) is 107 Å². The molecule has 0 spiro atoms. The van der Waals surface area contributed by atoms with Crippen LogP contribution in [0, 0.1) is 11.8 Å². The van der Waals surface area contributed by atoms with Crippen LogP contribution in [-0.4, -0.2) is 38.1 Å². The summed E-state index contributed by atoms with van der Waals surface area (Å²) in [6.07, 6.45) is 1.61. The summed E-state index contributed by atoms with van der Waals surface area (Å²) < 4.78 is 42.9. The zero-order chi connectivity index (χ0) is 19.9. The molecule has 1 aromatic carbocycles. The molecule has 148 valence electrons. The van der Waals surface area contributed by atoms with E-state index in [9.17, 15) is 22.6 Å². The van der Waals surface area contributed by atoms with Crippen molar-refractivity contribution in [2.24, 2.45) is 11.8 Å². The molecule has 0 aliphatic heterocycles. The minimum Gasteiger partial charge on any atom is -1.00 e. The molecule has 0 aliphatic carbocycles. The average molecular weight is 427 g/mol. The predicted octanol–water partition coefficient (Wildman–Crippen LogP) is 0.456. The van der Waals surface area contributed by atoms with E-state index in [-0.39, 0.29) is 89.0 Å². The van der Waals surface area contributed by atoms with E-state index in [1.807, 2.05) is 27.7 Å². The zero-order valence-corrected chi connectivity index (χ0v) is 20.5. The second-order valence-electron chi connectivity index (χ2n) is 6.41. The first-order valence-corrected chi connectivity index (χ1v) is 9.99. The first kappa shape index (κ1) is 26.7. The molecule has 0 bridgehead atoms. The summed E-state index contributed by atoms with van der Waals surface area (Å²) in [7, 11) is -4.72. The molecule has 0 heterocycles. The SMILES string of the molecule is CCC(C)COC(=O)c1ccc(C(=O)OCC(C)CC)c(S(=O)(=O)O)c1.[H-].[K+]. The molecule has 0 radical (unpaired) electrons. The Balaban J connectivity index is 0. The number of benzene rings is 1. The molecule has 7 nitrogen and oxygen atoms in total. The van der Waals surface area contributed by atoms with Crippen LogP contribution in [0.2, 0.25) is 0 Å². The maximum Gasteiger partial charge on any atom is 1.00 e. The summed E-state index contributed by atoms with van der Waals surface area (Å²) in [5.41, 5.74) is -0.395. The van der Waals surface area contributed by atoms with Gasteiger partial charge >= 0.3 is 63.3 Å². The molecular weight excluding hydrogens is 399 g/mol. The summed E-state index contributed by atoms with van der Waals surface area (Å²) in [5.74, 6) is -1.33. The second-order valence-corrected chi connectivity index (χ2v) is 7.80. The standard InChI is InChI=1S/C18H26O7S.K.H/c1-5-12(3)10-24-17(19)14-7-8-15(16(9-14)26(21,22)23)18(20)25-11-13(4)6-2;;/h7-9,12-13H,5-6,10-11H2,1-4H3,(H,21,22,23);;/q;+1;-1. The molecule has 0 amide bonds. The summed E-state index contributed by atoms with van der Waals surface area (Å²) in [6, 6.07) is 3.34. The monoisotopic (exact) mass is 426 g/mol. The average Bonchev–Trinajstić information content (AvgIpc) is 2.62. The van der Waals surface area contributed by atoms with Gasteiger partial charge in [0.2, 0.25) is 0 Å². The number of rotatable bonds is 9. The molecule has 2 unspecified atom stereocenters. The fourth-order valence-electron chi connectivity index (χ4n) is 1.86. The summed E-state index contributed by atoms with van der Waals surface area (Å²) in [4.78, 5) is 23.5. The Bertz CT molecular complexity index is 752. The molecule has 1 aromatic rings. The van der Waals surface area contributed by atoms with Crippen LogP contribution in [0.3, 0.4) is 0 Å². The Labute approximate surface area is 204 Å². The number of esters is 2. The van der Waals surface area contributed by atoms with E-state index in [1.54, 1.807) is 0 Å². The van der Waals surface area contributed by atoms with E-state index in [4.69, 9.17) is 9.47 Å². The van der Waals surface area contributed by atoms with E-state index < -0.39 is 27.0 Å². The van der Waals surface area contributed by atoms with Gasteiger partial charge in [0.25, 0.3) is 10.1 Å². The molecule has 0 aliphatic rings. The van der Waals surface area contributed by atoms with E-state index in [2.05, 4.69) is 0 Å². The van der Waals surface area contributed by atoms with Gasteiger partial charge in [-0.25, -0.2) is 9.59 Å². The Morgan fingerprint density at radius 1 is 1.04 bits per heavy atom. The van der Waals surface area contributed by atoms with Crippen LogP contribution in [-0.2, 0) is 19.6 Å². The minimum atomic E-state index is -4.72. The van der Waals surface area contributed by atoms with Crippen LogP contribution < -0.4 is 51.4 Å². The van der Waals surface area contributed by atoms with Gasteiger partial charge in [0, 0.05) is 0 Å². The van der Waals surface area contributed by atoms with Crippen molar-refractivity contribution in [3.8, 4) is 0 Å². The fraction of sp³-hybridized carbons (Fsp3) is 0.556. The van der Waals surface area contributed by atoms with Crippen LogP contribution in [0.5, 0.6) is 0 Å². The number of ether oxygens (including phenoxy) is 2. The second kappa shape index (κ2) is 12.3. The van der Waals surface area contributed by atoms with Crippen molar-refractivity contribution in [2.45, 2.75) is 45.4 Å². The molecule has 0 saturated heterocycles. The maximum absolute atomic E-state index is 12.2. The van der Waals surface area contributed by atoms with Gasteiger partial charge in [-0.2, -0.15) is 8.42 Å². The normalized spacial score (nSPS) is 13.2. The molecule has 9 heteroatoms. The number of carbonyl (C=O) groups is 2. The Kier molecular flexibility index (Phi) is 12.2. The Morgan fingerprint density at radius 2 is 1.52 bits per heavy atom. The summed E-state index contributed by atoms with van der Waals surface area (Å²) in [6.45, 7) is 7.99. The molecule has 1 rings (SSSR count). The largest absolute Gasteiger partial charge is 1.00 e. The smallest absolute Gasteiger partial charge is 1.00 e. The first-order chi connectivity index (χ1) is 12.1. The van der Waals surface area contributed by atoms with Crippen LogP contribution in [0.4, 0.5) is 0 Å². The number of hydrogen-bond acceptors (Lipinski definition) is 6. The molecule has 0 saturated carbocycles. The van der Waals surface area contributed by atoms with Crippen LogP contribution in [0.25, 0.3) is 0 Å². The molecule has 0 fully saturated rings. The van der Waals surface area contributed by atoms with Gasteiger partial charge in [-0.3, -0.25) is 4.55 Å². The summed E-state index contributed by atoms with van der Waals surface area (Å²) >= 11 is 0. The van der Waals surface area contributed by atoms with Crippen LogP contribution in [0.1, 0.15) is 62.7 Å². The zero-order valence-electron chi connectivity index (χ0n) is 17.5.